The molecule has 0 aliphatic rings. The Balaban J connectivity index is 2.17. The van der Waals surface area contributed by atoms with E-state index in [0.717, 1.165) is 0 Å². The number of benzene rings is 2. The summed E-state index contributed by atoms with van der Waals surface area (Å²) in [6, 6.07) is 9.04. The van der Waals surface area contributed by atoms with E-state index in [1.165, 1.54) is 18.2 Å². The molecule has 0 atom stereocenters. The van der Waals surface area contributed by atoms with Crippen LogP contribution in [0.25, 0.3) is 0 Å². The lowest BCUT2D eigenvalue weighted by Gasteiger charge is -2.10. The molecule has 0 unspecified atom stereocenters. The molecular weight excluding hydrogens is 316 g/mol. The molecule has 19 heavy (non-hydrogen) atoms. The van der Waals surface area contributed by atoms with E-state index in [2.05, 4.69) is 15.9 Å². The maximum absolute atomic E-state index is 13.9. The van der Waals surface area contributed by atoms with Gasteiger partial charge >= 0.3 is 0 Å². The van der Waals surface area contributed by atoms with Crippen LogP contribution in [0.15, 0.2) is 40.9 Å². The number of hydrogen-bond donors (Lipinski definition) is 1. The van der Waals surface area contributed by atoms with Gasteiger partial charge in [-0.05, 0) is 28.1 Å². The monoisotopic (exact) mass is 327 g/mol. The van der Waals surface area contributed by atoms with Gasteiger partial charge in [-0.15, -0.1) is 0 Å². The van der Waals surface area contributed by atoms with Crippen LogP contribution in [-0.2, 0) is 13.2 Å². The summed E-state index contributed by atoms with van der Waals surface area (Å²) in [5.74, 6) is -0.454. The Labute approximate surface area is 118 Å². The van der Waals surface area contributed by atoms with E-state index in [4.69, 9.17) is 10.5 Å². The predicted octanol–water partition coefficient (Wildman–Crippen LogP) is 3.77. The van der Waals surface area contributed by atoms with Crippen molar-refractivity contribution in [2.75, 3.05) is 0 Å². The molecule has 0 aromatic heterocycles. The zero-order chi connectivity index (χ0) is 13.8. The van der Waals surface area contributed by atoms with E-state index >= 15 is 0 Å². The summed E-state index contributed by atoms with van der Waals surface area (Å²) in [6.07, 6.45) is 0. The van der Waals surface area contributed by atoms with Crippen LogP contribution >= 0.6 is 15.9 Å². The van der Waals surface area contributed by atoms with Crippen LogP contribution in [0.4, 0.5) is 8.78 Å². The van der Waals surface area contributed by atoms with Gasteiger partial charge in [-0.3, -0.25) is 0 Å². The fourth-order valence-corrected chi connectivity index (χ4v) is 2.01. The second kappa shape index (κ2) is 6.12. The molecule has 2 N–H and O–H groups in total. The molecular formula is C14H12BrF2NO. The summed E-state index contributed by atoms with van der Waals surface area (Å²) in [5.41, 5.74) is 6.25. The first-order valence-electron chi connectivity index (χ1n) is 5.66. The maximum Gasteiger partial charge on any atom is 0.136 e. The van der Waals surface area contributed by atoms with Gasteiger partial charge < -0.3 is 10.5 Å². The van der Waals surface area contributed by atoms with Gasteiger partial charge in [0.05, 0.1) is 4.47 Å². The Bertz CT molecular complexity index is 590. The zero-order valence-corrected chi connectivity index (χ0v) is 11.6. The van der Waals surface area contributed by atoms with Crippen LogP contribution < -0.4 is 10.5 Å². The molecule has 5 heteroatoms. The highest BCUT2D eigenvalue weighted by Crippen LogP contribution is 2.26. The Morgan fingerprint density at radius 1 is 1.11 bits per heavy atom. The van der Waals surface area contributed by atoms with Crippen LogP contribution in [-0.4, -0.2) is 0 Å². The fraction of sp³-hybridized carbons (Fsp3) is 0.143. The minimum absolute atomic E-state index is 0.0156. The first-order valence-corrected chi connectivity index (χ1v) is 6.45. The van der Waals surface area contributed by atoms with E-state index in [1.54, 1.807) is 18.2 Å². The van der Waals surface area contributed by atoms with Crippen LogP contribution in [0, 0.1) is 11.6 Å². The molecule has 2 nitrogen and oxygen atoms in total. The third-order valence-corrected chi connectivity index (χ3v) is 3.31. The first kappa shape index (κ1) is 14.0. The van der Waals surface area contributed by atoms with Crippen LogP contribution in [0.1, 0.15) is 11.1 Å². The average molecular weight is 328 g/mol. The molecule has 0 amide bonds. The molecule has 0 aliphatic carbocycles. The minimum atomic E-state index is -0.408. The lowest BCUT2D eigenvalue weighted by atomic mass is 10.1. The fourth-order valence-electron chi connectivity index (χ4n) is 1.65. The highest BCUT2D eigenvalue weighted by Gasteiger charge is 2.09. The summed E-state index contributed by atoms with van der Waals surface area (Å²) < 4.78 is 33.0. The van der Waals surface area contributed by atoms with Crippen LogP contribution in [0.3, 0.4) is 0 Å². The molecule has 0 bridgehead atoms. The molecule has 2 rings (SSSR count). The van der Waals surface area contributed by atoms with E-state index in [0.29, 0.717) is 21.3 Å². The summed E-state index contributed by atoms with van der Waals surface area (Å²) in [4.78, 5) is 0. The Morgan fingerprint density at radius 3 is 2.58 bits per heavy atom. The molecule has 2 aromatic carbocycles. The van der Waals surface area contributed by atoms with Gasteiger partial charge in [0.25, 0.3) is 0 Å². The van der Waals surface area contributed by atoms with Crippen molar-refractivity contribution in [1.82, 2.24) is 0 Å². The van der Waals surface area contributed by atoms with E-state index in [-0.39, 0.29) is 19.0 Å². The summed E-state index contributed by atoms with van der Waals surface area (Å²) >= 11 is 3.25. The summed E-state index contributed by atoms with van der Waals surface area (Å²) in [7, 11) is 0. The van der Waals surface area contributed by atoms with Crippen LogP contribution in [0.2, 0.25) is 0 Å². The Hall–Kier alpha value is -1.46. The largest absolute Gasteiger partial charge is 0.488 e. The van der Waals surface area contributed by atoms with Gasteiger partial charge in [0.2, 0.25) is 0 Å². The Morgan fingerprint density at radius 2 is 1.84 bits per heavy atom. The van der Waals surface area contributed by atoms with E-state index in [1.807, 2.05) is 0 Å². The highest BCUT2D eigenvalue weighted by atomic mass is 79.9. The molecule has 0 aliphatic heterocycles. The van der Waals surface area contributed by atoms with Gasteiger partial charge in [-0.2, -0.15) is 0 Å². The molecule has 0 spiro atoms. The first-order chi connectivity index (χ1) is 9.11. The third kappa shape index (κ3) is 3.30. The average Bonchev–Trinajstić information content (AvgIpc) is 2.41. The van der Waals surface area contributed by atoms with Crippen molar-refractivity contribution in [1.29, 1.82) is 0 Å². The smallest absolute Gasteiger partial charge is 0.136 e. The SMILES string of the molecule is NCc1cccc(COc2cc(F)ccc2Br)c1F. The number of ether oxygens (including phenoxy) is 1. The van der Waals surface area contributed by atoms with Gasteiger partial charge in [0, 0.05) is 23.7 Å². The van der Waals surface area contributed by atoms with Gasteiger partial charge in [0.15, 0.2) is 0 Å². The van der Waals surface area contributed by atoms with Gasteiger partial charge in [-0.25, -0.2) is 8.78 Å². The van der Waals surface area contributed by atoms with Crippen molar-refractivity contribution in [3.63, 3.8) is 0 Å². The molecule has 100 valence electrons. The third-order valence-electron chi connectivity index (χ3n) is 2.66. The normalized spacial score (nSPS) is 10.5. The lowest BCUT2D eigenvalue weighted by molar-refractivity contribution is 0.296. The molecule has 0 saturated heterocycles. The van der Waals surface area contributed by atoms with Gasteiger partial charge in [-0.1, -0.05) is 18.2 Å². The maximum atomic E-state index is 13.9. The van der Waals surface area contributed by atoms with Crippen molar-refractivity contribution in [3.8, 4) is 5.75 Å². The summed E-state index contributed by atoms with van der Waals surface area (Å²) in [5, 5.41) is 0. The molecule has 0 radical (unpaired) electrons. The van der Waals surface area contributed by atoms with E-state index in [9.17, 15) is 8.78 Å². The van der Waals surface area contributed by atoms with Crippen molar-refractivity contribution >= 4 is 15.9 Å². The second-order valence-electron chi connectivity index (χ2n) is 3.96. The number of rotatable bonds is 4. The zero-order valence-electron chi connectivity index (χ0n) is 10.00. The second-order valence-corrected chi connectivity index (χ2v) is 4.81. The quantitative estimate of drug-likeness (QED) is 0.927. The molecule has 0 saturated carbocycles. The molecule has 0 fully saturated rings. The molecule has 2 aromatic rings. The standard InChI is InChI=1S/C14H12BrF2NO/c15-12-5-4-11(16)6-13(12)19-8-10-3-1-2-9(7-18)14(10)17/h1-6H,7-8,18H2. The topological polar surface area (TPSA) is 35.2 Å². The van der Waals surface area contributed by atoms with Gasteiger partial charge in [0.1, 0.15) is 24.0 Å². The number of halogens is 3. The van der Waals surface area contributed by atoms with Crippen molar-refractivity contribution in [3.05, 3.63) is 63.6 Å². The lowest BCUT2D eigenvalue weighted by Crippen LogP contribution is -2.05. The number of hydrogen-bond acceptors (Lipinski definition) is 2. The predicted molar refractivity (Wildman–Crippen MR) is 72.7 cm³/mol. The van der Waals surface area contributed by atoms with Crippen molar-refractivity contribution in [2.24, 2.45) is 5.73 Å². The Kier molecular flexibility index (Phi) is 4.50. The number of nitrogens with two attached hydrogens (primary N) is 1. The minimum Gasteiger partial charge on any atom is -0.488 e. The van der Waals surface area contributed by atoms with Crippen molar-refractivity contribution < 1.29 is 13.5 Å². The van der Waals surface area contributed by atoms with E-state index < -0.39 is 5.82 Å². The summed E-state index contributed by atoms with van der Waals surface area (Å²) in [6.45, 7) is 0.144. The van der Waals surface area contributed by atoms with Crippen molar-refractivity contribution in [2.45, 2.75) is 13.2 Å². The van der Waals surface area contributed by atoms with Crippen LogP contribution in [0.5, 0.6) is 5.75 Å². The highest BCUT2D eigenvalue weighted by molar-refractivity contribution is 9.10. The molecule has 0 heterocycles.